The predicted molar refractivity (Wildman–Crippen MR) is 89.9 cm³/mol. The van der Waals surface area contributed by atoms with Gasteiger partial charge < -0.3 is 23.7 Å². The van der Waals surface area contributed by atoms with Crippen LogP contribution in [0.25, 0.3) is 0 Å². The molecule has 27 heavy (non-hydrogen) atoms. The molecule has 0 bridgehead atoms. The maximum absolute atomic E-state index is 11.6. The van der Waals surface area contributed by atoms with Gasteiger partial charge in [0, 0.05) is 33.7 Å². The van der Waals surface area contributed by atoms with Crippen molar-refractivity contribution in [3.8, 4) is 0 Å². The highest BCUT2D eigenvalue weighted by Gasteiger charge is 2.51. The van der Waals surface area contributed by atoms with Crippen LogP contribution in [0.15, 0.2) is 0 Å². The van der Waals surface area contributed by atoms with Gasteiger partial charge in [-0.3, -0.25) is 24.5 Å². The first-order chi connectivity index (χ1) is 12.5. The number of rotatable bonds is 7. The number of nitrogens with one attached hydrogen (secondary N) is 1. The van der Waals surface area contributed by atoms with Gasteiger partial charge in [0.25, 0.3) is 0 Å². The van der Waals surface area contributed by atoms with Gasteiger partial charge in [0.15, 0.2) is 18.4 Å². The molecule has 1 rings (SSSR count). The fourth-order valence-corrected chi connectivity index (χ4v) is 2.71. The molecule has 1 aliphatic heterocycles. The molecule has 0 aromatic rings. The summed E-state index contributed by atoms with van der Waals surface area (Å²) in [5, 5.41) is 3.06. The molecule has 0 saturated carbocycles. The van der Waals surface area contributed by atoms with Crippen molar-refractivity contribution >= 4 is 23.9 Å². The van der Waals surface area contributed by atoms with Crippen molar-refractivity contribution < 1.29 is 42.9 Å². The van der Waals surface area contributed by atoms with Gasteiger partial charge in [0.05, 0.1) is 5.92 Å². The average Bonchev–Trinajstić information content (AvgIpc) is 2.48. The van der Waals surface area contributed by atoms with Crippen LogP contribution in [0.5, 0.6) is 0 Å². The minimum Gasteiger partial charge on any atom is -0.465 e. The standard InChI is InChI=1S/C17H27NO9/c1-8(2)18-16-14(24-10(4)20)13(7-23-9(3)19)15(25-11(5)21)17(27-16)26-12(6)22/h8,13-18H,7H2,1-6H3. The number of carbonyl (C=O) groups is 4. The highest BCUT2D eigenvalue weighted by atomic mass is 16.7. The van der Waals surface area contributed by atoms with Gasteiger partial charge in [-0.05, 0) is 13.8 Å². The summed E-state index contributed by atoms with van der Waals surface area (Å²) in [6.45, 7) is 8.24. The first kappa shape index (κ1) is 22.8. The number of hydrogen-bond donors (Lipinski definition) is 1. The maximum Gasteiger partial charge on any atom is 0.305 e. The summed E-state index contributed by atoms with van der Waals surface area (Å²) in [5.41, 5.74) is 0. The summed E-state index contributed by atoms with van der Waals surface area (Å²) in [5.74, 6) is -3.30. The van der Waals surface area contributed by atoms with E-state index in [9.17, 15) is 19.2 Å². The van der Waals surface area contributed by atoms with Crippen molar-refractivity contribution in [3.63, 3.8) is 0 Å². The van der Waals surface area contributed by atoms with E-state index in [-0.39, 0.29) is 12.6 Å². The summed E-state index contributed by atoms with van der Waals surface area (Å²) in [7, 11) is 0. The van der Waals surface area contributed by atoms with E-state index in [0.717, 1.165) is 0 Å². The zero-order valence-corrected chi connectivity index (χ0v) is 16.3. The summed E-state index contributed by atoms with van der Waals surface area (Å²) in [6, 6.07) is -0.0781. The Bertz CT molecular complexity index is 563. The first-order valence-corrected chi connectivity index (χ1v) is 8.57. The van der Waals surface area contributed by atoms with Crippen LogP contribution in [0.1, 0.15) is 41.5 Å². The largest absolute Gasteiger partial charge is 0.465 e. The average molecular weight is 389 g/mol. The van der Waals surface area contributed by atoms with Gasteiger partial charge in [-0.1, -0.05) is 0 Å². The van der Waals surface area contributed by atoms with E-state index in [1.165, 1.54) is 27.7 Å². The fraction of sp³-hybridized carbons (Fsp3) is 0.765. The molecule has 154 valence electrons. The highest BCUT2D eigenvalue weighted by Crippen LogP contribution is 2.31. The zero-order chi connectivity index (χ0) is 20.7. The van der Waals surface area contributed by atoms with Crippen molar-refractivity contribution in [2.75, 3.05) is 6.61 Å². The molecule has 1 aliphatic rings. The normalized spacial score (nSPS) is 27.6. The Labute approximate surface area is 157 Å². The Hall–Kier alpha value is -2.20. The molecule has 1 N–H and O–H groups in total. The molecule has 0 aromatic heterocycles. The van der Waals surface area contributed by atoms with Crippen LogP contribution < -0.4 is 5.32 Å². The number of esters is 4. The Balaban J connectivity index is 3.28. The molecule has 1 saturated heterocycles. The van der Waals surface area contributed by atoms with E-state index in [4.69, 9.17) is 23.7 Å². The lowest BCUT2D eigenvalue weighted by Gasteiger charge is -2.45. The van der Waals surface area contributed by atoms with E-state index in [0.29, 0.717) is 0 Å². The van der Waals surface area contributed by atoms with E-state index in [1.807, 2.05) is 13.8 Å². The van der Waals surface area contributed by atoms with Gasteiger partial charge in [0.2, 0.25) is 6.29 Å². The lowest BCUT2D eigenvalue weighted by Crippen LogP contribution is -2.63. The topological polar surface area (TPSA) is 126 Å². The Kier molecular flexibility index (Phi) is 8.64. The Morgan fingerprint density at radius 1 is 0.852 bits per heavy atom. The number of hydrogen-bond acceptors (Lipinski definition) is 10. The quantitative estimate of drug-likeness (QED) is 0.479. The van der Waals surface area contributed by atoms with Crippen molar-refractivity contribution in [3.05, 3.63) is 0 Å². The third-order valence-corrected chi connectivity index (χ3v) is 3.55. The fourth-order valence-electron chi connectivity index (χ4n) is 2.71. The van der Waals surface area contributed by atoms with Crippen LogP contribution in [-0.2, 0) is 42.9 Å². The second-order valence-corrected chi connectivity index (χ2v) is 6.47. The minimum absolute atomic E-state index is 0.0781. The third-order valence-electron chi connectivity index (χ3n) is 3.55. The van der Waals surface area contributed by atoms with E-state index in [1.54, 1.807) is 0 Å². The lowest BCUT2D eigenvalue weighted by molar-refractivity contribution is -0.292. The van der Waals surface area contributed by atoms with Crippen LogP contribution in [-0.4, -0.2) is 61.3 Å². The summed E-state index contributed by atoms with van der Waals surface area (Å²) in [4.78, 5) is 45.9. The third kappa shape index (κ3) is 7.51. The molecule has 1 heterocycles. The highest BCUT2D eigenvalue weighted by molar-refractivity contribution is 5.68. The Morgan fingerprint density at radius 3 is 1.81 bits per heavy atom. The molecular weight excluding hydrogens is 362 g/mol. The molecule has 5 unspecified atom stereocenters. The van der Waals surface area contributed by atoms with Crippen molar-refractivity contribution in [1.29, 1.82) is 0 Å². The SMILES string of the molecule is CC(=O)OCC1C(OC(C)=O)C(NC(C)C)OC(OC(C)=O)C1OC(C)=O. The number of carbonyl (C=O) groups excluding carboxylic acids is 4. The molecule has 0 radical (unpaired) electrons. The van der Waals surface area contributed by atoms with Gasteiger partial charge in [-0.15, -0.1) is 0 Å². The van der Waals surface area contributed by atoms with Gasteiger partial charge in [-0.25, -0.2) is 0 Å². The number of ether oxygens (including phenoxy) is 5. The lowest BCUT2D eigenvalue weighted by atomic mass is 9.91. The van der Waals surface area contributed by atoms with Gasteiger partial charge in [-0.2, -0.15) is 0 Å². The molecule has 5 atom stereocenters. The van der Waals surface area contributed by atoms with Gasteiger partial charge >= 0.3 is 23.9 Å². The molecular formula is C17H27NO9. The smallest absolute Gasteiger partial charge is 0.305 e. The molecule has 0 amide bonds. The van der Waals surface area contributed by atoms with Crippen molar-refractivity contribution in [2.24, 2.45) is 5.92 Å². The van der Waals surface area contributed by atoms with Gasteiger partial charge in [0.1, 0.15) is 6.61 Å². The summed E-state index contributed by atoms with van der Waals surface area (Å²) >= 11 is 0. The molecule has 0 aliphatic carbocycles. The minimum atomic E-state index is -1.27. The zero-order valence-electron chi connectivity index (χ0n) is 16.3. The second-order valence-electron chi connectivity index (χ2n) is 6.47. The summed E-state index contributed by atoms with van der Waals surface area (Å²) < 4.78 is 26.6. The van der Waals surface area contributed by atoms with Crippen LogP contribution in [0, 0.1) is 5.92 Å². The van der Waals surface area contributed by atoms with Crippen LogP contribution in [0.2, 0.25) is 0 Å². The molecule has 0 spiro atoms. The molecule has 0 aromatic carbocycles. The molecule has 10 heteroatoms. The van der Waals surface area contributed by atoms with Crippen LogP contribution in [0.3, 0.4) is 0 Å². The van der Waals surface area contributed by atoms with Crippen LogP contribution >= 0.6 is 0 Å². The van der Waals surface area contributed by atoms with E-state index < -0.39 is 54.5 Å². The monoisotopic (exact) mass is 389 g/mol. The predicted octanol–water partition coefficient (Wildman–Crippen LogP) is 0.273. The Morgan fingerprint density at radius 2 is 1.37 bits per heavy atom. The van der Waals surface area contributed by atoms with Crippen LogP contribution in [0.4, 0.5) is 0 Å². The van der Waals surface area contributed by atoms with E-state index in [2.05, 4.69) is 5.32 Å². The van der Waals surface area contributed by atoms with Crippen molar-refractivity contribution in [2.45, 2.75) is 72.3 Å². The van der Waals surface area contributed by atoms with E-state index >= 15 is 0 Å². The van der Waals surface area contributed by atoms with Crippen molar-refractivity contribution in [1.82, 2.24) is 5.32 Å². The second kappa shape index (κ2) is 10.2. The summed E-state index contributed by atoms with van der Waals surface area (Å²) in [6.07, 6.45) is -4.25. The molecule has 1 fully saturated rings. The maximum atomic E-state index is 11.6. The molecule has 10 nitrogen and oxygen atoms in total. The first-order valence-electron chi connectivity index (χ1n) is 8.57.